The van der Waals surface area contributed by atoms with Crippen molar-refractivity contribution >= 4 is 21.7 Å². The van der Waals surface area contributed by atoms with Crippen LogP contribution in [0.4, 0.5) is 0 Å². The van der Waals surface area contributed by atoms with Crippen LogP contribution in [0.3, 0.4) is 0 Å². The van der Waals surface area contributed by atoms with Crippen LogP contribution in [0.25, 0.3) is 21.7 Å². The Hall–Kier alpha value is -2.49. The minimum atomic E-state index is -1.55. The summed E-state index contributed by atoms with van der Waals surface area (Å²) in [6.45, 7) is 5.30. The van der Waals surface area contributed by atoms with Gasteiger partial charge in [0.15, 0.2) is 0 Å². The van der Waals surface area contributed by atoms with Gasteiger partial charge < -0.3 is 34.3 Å². The number of aliphatic hydroxyl groups is 4. The molecule has 31 heavy (non-hydrogen) atoms. The normalized spacial score (nSPS) is 26.6. The average molecular weight is 430 g/mol. The predicted molar refractivity (Wildman–Crippen MR) is 113 cm³/mol. The van der Waals surface area contributed by atoms with Crippen LogP contribution in [-0.2, 0) is 4.74 Å². The molecule has 0 unspecified atom stereocenters. The molecule has 1 aliphatic heterocycles. The molecule has 0 bridgehead atoms. The van der Waals surface area contributed by atoms with Gasteiger partial charge in [-0.1, -0.05) is 32.0 Å². The first-order chi connectivity index (χ1) is 14.7. The second-order valence-corrected chi connectivity index (χ2v) is 8.24. The van der Waals surface area contributed by atoms with Gasteiger partial charge in [-0.15, -0.1) is 0 Å². The summed E-state index contributed by atoms with van der Waals surface area (Å²) in [6, 6.07) is 8.93. The van der Waals surface area contributed by atoms with Crippen LogP contribution >= 0.6 is 0 Å². The number of fused-ring (bicyclic) bond motifs is 3. The van der Waals surface area contributed by atoms with Gasteiger partial charge in [-0.25, -0.2) is 4.79 Å². The molecule has 0 radical (unpaired) electrons. The standard InChI is InChI=1S/C23H26O8/c1-10(2)14-7-12(29-23-21(27)20(26)19(25)16(9-24)31-23)8-15-18(14)13-6-4-5-11(3)17(13)22(28)30-15/h4-8,10,16,19-21,23-27H,9H2,1-3H3/t16-,19-,20+,21-,23-/m1/s1. The molecule has 0 saturated carbocycles. The molecular weight excluding hydrogens is 404 g/mol. The minimum Gasteiger partial charge on any atom is -0.462 e. The molecule has 3 aromatic rings. The lowest BCUT2D eigenvalue weighted by Crippen LogP contribution is -2.60. The monoisotopic (exact) mass is 430 g/mol. The van der Waals surface area contributed by atoms with Gasteiger partial charge in [0, 0.05) is 16.8 Å². The van der Waals surface area contributed by atoms with Gasteiger partial charge in [0.2, 0.25) is 6.29 Å². The quantitative estimate of drug-likeness (QED) is 0.362. The first kappa shape index (κ1) is 21.7. The van der Waals surface area contributed by atoms with Crippen LogP contribution in [0.1, 0.15) is 30.9 Å². The molecule has 1 aromatic heterocycles. The summed E-state index contributed by atoms with van der Waals surface area (Å²) in [5.41, 5.74) is 1.56. The highest BCUT2D eigenvalue weighted by Crippen LogP contribution is 2.36. The third kappa shape index (κ3) is 3.71. The molecule has 4 N–H and O–H groups in total. The molecule has 5 atom stereocenters. The number of rotatable bonds is 4. The van der Waals surface area contributed by atoms with Crippen molar-refractivity contribution in [3.05, 3.63) is 51.9 Å². The van der Waals surface area contributed by atoms with Crippen LogP contribution < -0.4 is 10.4 Å². The Morgan fingerprint density at radius 2 is 1.81 bits per heavy atom. The maximum Gasteiger partial charge on any atom is 0.344 e. The zero-order valence-electron chi connectivity index (χ0n) is 17.5. The Labute approximate surface area is 178 Å². The van der Waals surface area contributed by atoms with Gasteiger partial charge >= 0.3 is 5.63 Å². The molecule has 2 aromatic carbocycles. The van der Waals surface area contributed by atoms with Crippen molar-refractivity contribution in [2.75, 3.05) is 6.61 Å². The summed E-state index contributed by atoms with van der Waals surface area (Å²) >= 11 is 0. The fourth-order valence-corrected chi connectivity index (χ4v) is 4.10. The molecule has 1 fully saturated rings. The number of aliphatic hydroxyl groups excluding tert-OH is 4. The van der Waals surface area contributed by atoms with Crippen molar-refractivity contribution in [1.29, 1.82) is 0 Å². The predicted octanol–water partition coefficient (Wildman–Crippen LogP) is 1.56. The zero-order chi connectivity index (χ0) is 22.4. The van der Waals surface area contributed by atoms with E-state index >= 15 is 0 Å². The van der Waals surface area contributed by atoms with Crippen LogP contribution in [0.15, 0.2) is 39.5 Å². The number of hydrogen-bond donors (Lipinski definition) is 4. The summed E-state index contributed by atoms with van der Waals surface area (Å²) in [6.07, 6.45) is -6.98. The molecule has 8 nitrogen and oxygen atoms in total. The SMILES string of the molecule is Cc1cccc2c1c(=O)oc1cc(O[C@@H]3O[C@H](CO)[C@@H](O)[C@H](O)[C@H]3O)cc(C(C)C)c12. The largest absolute Gasteiger partial charge is 0.462 e. The van der Waals surface area contributed by atoms with Gasteiger partial charge in [0.05, 0.1) is 12.0 Å². The van der Waals surface area contributed by atoms with Gasteiger partial charge in [0.1, 0.15) is 35.7 Å². The van der Waals surface area contributed by atoms with E-state index in [0.29, 0.717) is 11.0 Å². The minimum absolute atomic E-state index is 0.0530. The Kier molecular flexibility index (Phi) is 5.76. The average Bonchev–Trinajstić information content (AvgIpc) is 2.73. The molecule has 1 aliphatic rings. The summed E-state index contributed by atoms with van der Waals surface area (Å²) in [5, 5.41) is 41.7. The first-order valence-corrected chi connectivity index (χ1v) is 10.2. The highest BCUT2D eigenvalue weighted by atomic mass is 16.7. The first-order valence-electron chi connectivity index (χ1n) is 10.2. The van der Waals surface area contributed by atoms with Crippen LogP contribution in [0, 0.1) is 6.92 Å². The van der Waals surface area contributed by atoms with Gasteiger partial charge in [0.25, 0.3) is 0 Å². The molecule has 0 spiro atoms. The summed E-state index contributed by atoms with van der Waals surface area (Å²) in [5.74, 6) is 0.313. The van der Waals surface area contributed by atoms with Crippen LogP contribution in [-0.4, -0.2) is 57.7 Å². The number of benzene rings is 2. The van der Waals surface area contributed by atoms with E-state index in [4.69, 9.17) is 13.9 Å². The van der Waals surface area contributed by atoms with E-state index in [2.05, 4.69) is 0 Å². The highest BCUT2D eigenvalue weighted by Gasteiger charge is 2.44. The highest BCUT2D eigenvalue weighted by molar-refractivity contribution is 6.07. The third-order valence-electron chi connectivity index (χ3n) is 5.78. The zero-order valence-corrected chi connectivity index (χ0v) is 17.5. The van der Waals surface area contributed by atoms with E-state index in [1.165, 1.54) is 6.07 Å². The summed E-state index contributed by atoms with van der Waals surface area (Å²) in [7, 11) is 0. The number of ether oxygens (including phenoxy) is 2. The maximum absolute atomic E-state index is 12.6. The molecular formula is C23H26O8. The van der Waals surface area contributed by atoms with Crippen molar-refractivity contribution in [1.82, 2.24) is 0 Å². The summed E-state index contributed by atoms with van der Waals surface area (Å²) < 4.78 is 16.8. The third-order valence-corrected chi connectivity index (χ3v) is 5.78. The Balaban J connectivity index is 1.83. The van der Waals surface area contributed by atoms with Gasteiger partial charge in [-0.05, 0) is 30.0 Å². The topological polar surface area (TPSA) is 130 Å². The van der Waals surface area contributed by atoms with E-state index in [9.17, 15) is 25.2 Å². The molecule has 0 amide bonds. The van der Waals surface area contributed by atoms with Gasteiger partial charge in [-0.3, -0.25) is 0 Å². The van der Waals surface area contributed by atoms with Crippen LogP contribution in [0.2, 0.25) is 0 Å². The second kappa shape index (κ2) is 8.22. The smallest absolute Gasteiger partial charge is 0.344 e. The Morgan fingerprint density at radius 3 is 2.48 bits per heavy atom. The lowest BCUT2D eigenvalue weighted by molar-refractivity contribution is -0.277. The molecule has 166 valence electrons. The Morgan fingerprint density at radius 1 is 1.06 bits per heavy atom. The number of aryl methyl sites for hydroxylation is 1. The van der Waals surface area contributed by atoms with Crippen LogP contribution in [0.5, 0.6) is 5.75 Å². The molecule has 1 saturated heterocycles. The van der Waals surface area contributed by atoms with E-state index in [1.807, 2.05) is 39.0 Å². The second-order valence-electron chi connectivity index (χ2n) is 8.24. The van der Waals surface area contributed by atoms with E-state index in [0.717, 1.165) is 21.9 Å². The fourth-order valence-electron chi connectivity index (χ4n) is 4.10. The lowest BCUT2D eigenvalue weighted by Gasteiger charge is -2.39. The van der Waals surface area contributed by atoms with Crippen molar-refractivity contribution in [2.45, 2.75) is 57.4 Å². The molecule has 8 heteroatoms. The lowest BCUT2D eigenvalue weighted by atomic mass is 9.94. The van der Waals surface area contributed by atoms with Crippen molar-refractivity contribution < 1.29 is 34.3 Å². The summed E-state index contributed by atoms with van der Waals surface area (Å²) in [4.78, 5) is 12.6. The van der Waals surface area contributed by atoms with Crippen molar-refractivity contribution in [3.8, 4) is 5.75 Å². The fraction of sp³-hybridized carbons (Fsp3) is 0.435. The van der Waals surface area contributed by atoms with E-state index in [1.54, 1.807) is 6.07 Å². The van der Waals surface area contributed by atoms with E-state index in [-0.39, 0.29) is 11.7 Å². The number of hydrogen-bond acceptors (Lipinski definition) is 8. The molecule has 2 heterocycles. The van der Waals surface area contributed by atoms with Gasteiger partial charge in [-0.2, -0.15) is 0 Å². The molecule has 0 aliphatic carbocycles. The van der Waals surface area contributed by atoms with Crippen molar-refractivity contribution in [3.63, 3.8) is 0 Å². The Bertz CT molecular complexity index is 1170. The maximum atomic E-state index is 12.6. The molecule has 4 rings (SSSR count). The van der Waals surface area contributed by atoms with Crippen molar-refractivity contribution in [2.24, 2.45) is 0 Å². The van der Waals surface area contributed by atoms with E-state index < -0.39 is 42.9 Å².